The standard InChI is InChI=1S/C12H20N2/c1-2-6-12(5-1)14-8-3-4-11-7-9-13-10-11/h7,9-10,12-14H,1-6,8H2. The summed E-state index contributed by atoms with van der Waals surface area (Å²) < 4.78 is 0. The second-order valence-corrected chi connectivity index (χ2v) is 4.26. The fourth-order valence-electron chi connectivity index (χ4n) is 2.24. The Morgan fingerprint density at radius 2 is 2.21 bits per heavy atom. The average Bonchev–Trinajstić information content (AvgIpc) is 2.86. The molecule has 1 aliphatic carbocycles. The van der Waals surface area contributed by atoms with Crippen molar-refractivity contribution in [2.75, 3.05) is 6.54 Å². The Labute approximate surface area is 86.1 Å². The molecule has 1 saturated carbocycles. The lowest BCUT2D eigenvalue weighted by Crippen LogP contribution is -2.27. The van der Waals surface area contributed by atoms with Crippen LogP contribution in [0.25, 0.3) is 0 Å². The molecule has 1 aliphatic rings. The van der Waals surface area contributed by atoms with Crippen LogP contribution in [-0.2, 0) is 6.42 Å². The molecule has 0 radical (unpaired) electrons. The van der Waals surface area contributed by atoms with Crippen molar-refractivity contribution in [3.63, 3.8) is 0 Å². The molecule has 1 aromatic heterocycles. The lowest BCUT2D eigenvalue weighted by molar-refractivity contribution is 0.515. The third-order valence-corrected chi connectivity index (χ3v) is 3.09. The summed E-state index contributed by atoms with van der Waals surface area (Å²) in [4.78, 5) is 3.09. The van der Waals surface area contributed by atoms with Crippen LogP contribution in [0.5, 0.6) is 0 Å². The van der Waals surface area contributed by atoms with E-state index >= 15 is 0 Å². The zero-order valence-electron chi connectivity index (χ0n) is 8.76. The number of H-pyrrole nitrogens is 1. The minimum atomic E-state index is 0.821. The number of aromatic amines is 1. The molecule has 0 bridgehead atoms. The maximum Gasteiger partial charge on any atom is 0.00670 e. The number of hydrogen-bond acceptors (Lipinski definition) is 1. The SMILES string of the molecule is c1cc(CCCNC2CCCC2)c[nH]1. The minimum Gasteiger partial charge on any atom is -0.367 e. The largest absolute Gasteiger partial charge is 0.367 e. The highest BCUT2D eigenvalue weighted by Gasteiger charge is 2.12. The second kappa shape index (κ2) is 5.20. The van der Waals surface area contributed by atoms with Gasteiger partial charge in [-0.2, -0.15) is 0 Å². The summed E-state index contributed by atoms with van der Waals surface area (Å²) in [5, 5.41) is 3.63. The van der Waals surface area contributed by atoms with Crippen molar-refractivity contribution >= 4 is 0 Å². The Bertz CT molecular complexity index is 235. The molecule has 2 rings (SSSR count). The summed E-state index contributed by atoms with van der Waals surface area (Å²) in [5.41, 5.74) is 1.43. The van der Waals surface area contributed by atoms with E-state index in [2.05, 4.69) is 22.6 Å². The Balaban J connectivity index is 1.55. The third kappa shape index (κ3) is 2.88. The van der Waals surface area contributed by atoms with E-state index in [4.69, 9.17) is 0 Å². The molecule has 1 aromatic rings. The van der Waals surface area contributed by atoms with Gasteiger partial charge in [-0.1, -0.05) is 12.8 Å². The van der Waals surface area contributed by atoms with Crippen LogP contribution in [0.15, 0.2) is 18.5 Å². The molecule has 0 aliphatic heterocycles. The van der Waals surface area contributed by atoms with Crippen LogP contribution >= 0.6 is 0 Å². The van der Waals surface area contributed by atoms with Gasteiger partial charge in [-0.25, -0.2) is 0 Å². The Kier molecular flexibility index (Phi) is 3.64. The van der Waals surface area contributed by atoms with Crippen molar-refractivity contribution in [1.82, 2.24) is 10.3 Å². The van der Waals surface area contributed by atoms with Gasteiger partial charge in [0, 0.05) is 18.4 Å². The van der Waals surface area contributed by atoms with Crippen molar-refractivity contribution in [3.05, 3.63) is 24.0 Å². The predicted molar refractivity (Wildman–Crippen MR) is 59.4 cm³/mol. The van der Waals surface area contributed by atoms with E-state index in [0.29, 0.717) is 0 Å². The van der Waals surface area contributed by atoms with Gasteiger partial charge in [0.15, 0.2) is 0 Å². The van der Waals surface area contributed by atoms with Gasteiger partial charge in [-0.3, -0.25) is 0 Å². The summed E-state index contributed by atoms with van der Waals surface area (Å²) in [6.45, 7) is 1.18. The summed E-state index contributed by atoms with van der Waals surface area (Å²) in [5.74, 6) is 0. The lowest BCUT2D eigenvalue weighted by Gasteiger charge is -2.10. The molecule has 0 aromatic carbocycles. The highest BCUT2D eigenvalue weighted by Crippen LogP contribution is 2.17. The lowest BCUT2D eigenvalue weighted by atomic mass is 10.2. The van der Waals surface area contributed by atoms with Gasteiger partial charge >= 0.3 is 0 Å². The van der Waals surface area contributed by atoms with Crippen molar-refractivity contribution < 1.29 is 0 Å². The van der Waals surface area contributed by atoms with Crippen LogP contribution in [0.4, 0.5) is 0 Å². The normalized spacial score (nSPS) is 17.7. The second-order valence-electron chi connectivity index (χ2n) is 4.26. The van der Waals surface area contributed by atoms with E-state index < -0.39 is 0 Å². The summed E-state index contributed by atoms with van der Waals surface area (Å²) >= 11 is 0. The van der Waals surface area contributed by atoms with E-state index in [1.807, 2.05) is 6.20 Å². The van der Waals surface area contributed by atoms with E-state index in [0.717, 1.165) is 6.04 Å². The zero-order valence-corrected chi connectivity index (χ0v) is 8.76. The fourth-order valence-corrected chi connectivity index (χ4v) is 2.24. The van der Waals surface area contributed by atoms with E-state index in [1.54, 1.807) is 0 Å². The third-order valence-electron chi connectivity index (χ3n) is 3.09. The predicted octanol–water partition coefficient (Wildman–Crippen LogP) is 2.48. The van der Waals surface area contributed by atoms with Gasteiger partial charge in [-0.15, -0.1) is 0 Å². The Morgan fingerprint density at radius 3 is 2.93 bits per heavy atom. The first-order chi connectivity index (χ1) is 6.95. The van der Waals surface area contributed by atoms with Crippen LogP contribution in [0, 0.1) is 0 Å². The van der Waals surface area contributed by atoms with E-state index in [9.17, 15) is 0 Å². The van der Waals surface area contributed by atoms with Gasteiger partial charge < -0.3 is 10.3 Å². The molecular weight excluding hydrogens is 172 g/mol. The summed E-state index contributed by atoms with van der Waals surface area (Å²) in [7, 11) is 0. The van der Waals surface area contributed by atoms with E-state index in [-0.39, 0.29) is 0 Å². The Hall–Kier alpha value is -0.760. The molecular formula is C12H20N2. The molecule has 0 amide bonds. The summed E-state index contributed by atoms with van der Waals surface area (Å²) in [6, 6.07) is 2.98. The number of aryl methyl sites for hydroxylation is 1. The first kappa shape index (κ1) is 9.78. The van der Waals surface area contributed by atoms with Crippen LogP contribution < -0.4 is 5.32 Å². The van der Waals surface area contributed by atoms with Crippen LogP contribution in [0.2, 0.25) is 0 Å². The number of aromatic nitrogens is 1. The Morgan fingerprint density at radius 1 is 1.36 bits per heavy atom. The molecule has 0 spiro atoms. The van der Waals surface area contributed by atoms with Gasteiger partial charge in [0.2, 0.25) is 0 Å². The van der Waals surface area contributed by atoms with Crippen molar-refractivity contribution in [1.29, 1.82) is 0 Å². The average molecular weight is 192 g/mol. The van der Waals surface area contributed by atoms with Crippen molar-refractivity contribution in [2.24, 2.45) is 0 Å². The van der Waals surface area contributed by atoms with Gasteiger partial charge in [0.05, 0.1) is 0 Å². The topological polar surface area (TPSA) is 27.8 Å². The molecule has 0 saturated heterocycles. The smallest absolute Gasteiger partial charge is 0.00670 e. The number of nitrogens with one attached hydrogen (secondary N) is 2. The monoisotopic (exact) mass is 192 g/mol. The molecule has 2 nitrogen and oxygen atoms in total. The van der Waals surface area contributed by atoms with Gasteiger partial charge in [-0.05, 0) is 43.9 Å². The van der Waals surface area contributed by atoms with Gasteiger partial charge in [0.1, 0.15) is 0 Å². The molecule has 1 fully saturated rings. The van der Waals surface area contributed by atoms with Crippen LogP contribution in [0.3, 0.4) is 0 Å². The van der Waals surface area contributed by atoms with Crippen LogP contribution in [0.1, 0.15) is 37.7 Å². The minimum absolute atomic E-state index is 0.821. The number of rotatable bonds is 5. The van der Waals surface area contributed by atoms with Crippen molar-refractivity contribution in [2.45, 2.75) is 44.6 Å². The molecule has 0 unspecified atom stereocenters. The number of hydrogen-bond donors (Lipinski definition) is 2. The highest BCUT2D eigenvalue weighted by molar-refractivity contribution is 5.08. The first-order valence-electron chi connectivity index (χ1n) is 5.80. The molecule has 14 heavy (non-hydrogen) atoms. The quantitative estimate of drug-likeness (QED) is 0.689. The first-order valence-corrected chi connectivity index (χ1v) is 5.80. The molecule has 2 N–H and O–H groups in total. The van der Waals surface area contributed by atoms with Crippen molar-refractivity contribution in [3.8, 4) is 0 Å². The van der Waals surface area contributed by atoms with E-state index in [1.165, 1.54) is 50.6 Å². The fraction of sp³-hybridized carbons (Fsp3) is 0.667. The zero-order chi connectivity index (χ0) is 9.64. The van der Waals surface area contributed by atoms with Gasteiger partial charge in [0.25, 0.3) is 0 Å². The molecule has 1 heterocycles. The molecule has 0 atom stereocenters. The summed E-state index contributed by atoms with van der Waals surface area (Å²) in [6.07, 6.45) is 12.2. The maximum absolute atomic E-state index is 3.63. The molecule has 2 heteroatoms. The molecule has 78 valence electrons. The maximum atomic E-state index is 3.63. The van der Waals surface area contributed by atoms with Crippen LogP contribution in [-0.4, -0.2) is 17.6 Å². The highest BCUT2D eigenvalue weighted by atomic mass is 14.9.